The van der Waals surface area contributed by atoms with Crippen LogP contribution in [0.25, 0.3) is 0 Å². The SMILES string of the molecule is CC(C)(C)CN1CCc2c(cccc2Oc2ncccc2NC(N)=S)C1. The van der Waals surface area contributed by atoms with E-state index in [1.165, 1.54) is 11.1 Å². The quantitative estimate of drug-likeness (QED) is 0.795. The third kappa shape index (κ3) is 4.71. The number of thiocarbonyl (C=S) groups is 1. The summed E-state index contributed by atoms with van der Waals surface area (Å²) >= 11 is 4.93. The lowest BCUT2D eigenvalue weighted by Crippen LogP contribution is -2.36. The molecule has 0 saturated carbocycles. The minimum atomic E-state index is 0.191. The minimum absolute atomic E-state index is 0.191. The Labute approximate surface area is 160 Å². The number of nitrogens with zero attached hydrogens (tertiary/aromatic N) is 2. The number of hydrogen-bond donors (Lipinski definition) is 2. The van der Waals surface area contributed by atoms with E-state index in [9.17, 15) is 0 Å². The Kier molecular flexibility index (Phi) is 5.44. The van der Waals surface area contributed by atoms with E-state index in [4.69, 9.17) is 22.7 Å². The van der Waals surface area contributed by atoms with Crippen LogP contribution in [0.15, 0.2) is 36.5 Å². The lowest BCUT2D eigenvalue weighted by Gasteiger charge is -2.34. The summed E-state index contributed by atoms with van der Waals surface area (Å²) in [5, 5.41) is 3.11. The molecule has 0 radical (unpaired) electrons. The second-order valence-electron chi connectivity index (χ2n) is 7.86. The van der Waals surface area contributed by atoms with Gasteiger partial charge in [0, 0.05) is 31.4 Å². The largest absolute Gasteiger partial charge is 0.437 e. The molecule has 3 N–H and O–H groups in total. The highest BCUT2D eigenvalue weighted by molar-refractivity contribution is 7.80. The zero-order valence-corrected chi connectivity index (χ0v) is 16.4. The number of nitrogens with two attached hydrogens (primary N) is 1. The lowest BCUT2D eigenvalue weighted by atomic mass is 9.93. The average Bonchev–Trinajstić information content (AvgIpc) is 2.54. The molecule has 5 nitrogen and oxygen atoms in total. The Hall–Kier alpha value is -2.18. The molecule has 0 aliphatic carbocycles. The Bertz CT molecular complexity index is 801. The first-order valence-electron chi connectivity index (χ1n) is 8.84. The fourth-order valence-corrected chi connectivity index (χ4v) is 3.45. The number of rotatable bonds is 4. The number of pyridine rings is 1. The van der Waals surface area contributed by atoms with Gasteiger partial charge in [-0.25, -0.2) is 4.98 Å². The van der Waals surface area contributed by atoms with Crippen molar-refractivity contribution < 1.29 is 4.74 Å². The van der Waals surface area contributed by atoms with Crippen molar-refractivity contribution >= 4 is 23.0 Å². The molecule has 3 rings (SSSR count). The molecule has 0 saturated heterocycles. The molecular weight excluding hydrogens is 344 g/mol. The van der Waals surface area contributed by atoms with Gasteiger partial charge in [-0.1, -0.05) is 32.9 Å². The summed E-state index contributed by atoms with van der Waals surface area (Å²) in [6, 6.07) is 9.89. The van der Waals surface area contributed by atoms with Gasteiger partial charge in [0.05, 0.1) is 0 Å². The number of hydrogen-bond acceptors (Lipinski definition) is 4. The van der Waals surface area contributed by atoms with Gasteiger partial charge in [-0.05, 0) is 47.8 Å². The van der Waals surface area contributed by atoms with Crippen LogP contribution in [-0.2, 0) is 13.0 Å². The number of anilines is 1. The predicted octanol–water partition coefficient (Wildman–Crippen LogP) is 3.93. The topological polar surface area (TPSA) is 63.4 Å². The molecule has 26 heavy (non-hydrogen) atoms. The van der Waals surface area contributed by atoms with E-state index < -0.39 is 0 Å². The van der Waals surface area contributed by atoms with Gasteiger partial charge >= 0.3 is 0 Å². The molecule has 2 heterocycles. The van der Waals surface area contributed by atoms with E-state index in [0.29, 0.717) is 17.0 Å². The standard InChI is InChI=1S/C20H26N4OS/c1-20(2,3)13-24-11-9-15-14(12-24)6-4-8-17(15)25-18-16(23-19(21)26)7-5-10-22-18/h4-8,10H,9,11-13H2,1-3H3,(H3,21,23,26). The second-order valence-corrected chi connectivity index (χ2v) is 8.30. The van der Waals surface area contributed by atoms with Gasteiger partial charge in [0.15, 0.2) is 5.11 Å². The molecule has 2 aromatic rings. The molecule has 1 aromatic carbocycles. The van der Waals surface area contributed by atoms with Crippen molar-refractivity contribution in [3.05, 3.63) is 47.7 Å². The van der Waals surface area contributed by atoms with Crippen LogP contribution >= 0.6 is 12.2 Å². The summed E-state index contributed by atoms with van der Waals surface area (Å²) in [4.78, 5) is 6.84. The minimum Gasteiger partial charge on any atom is -0.437 e. The second kappa shape index (κ2) is 7.60. The van der Waals surface area contributed by atoms with Crippen LogP contribution in [0.5, 0.6) is 11.6 Å². The highest BCUT2D eigenvalue weighted by Crippen LogP contribution is 2.34. The van der Waals surface area contributed by atoms with Gasteiger partial charge in [0.2, 0.25) is 5.88 Å². The van der Waals surface area contributed by atoms with Crippen LogP contribution in [0, 0.1) is 5.41 Å². The monoisotopic (exact) mass is 370 g/mol. The molecule has 0 spiro atoms. The molecule has 1 aliphatic heterocycles. The maximum atomic E-state index is 6.14. The molecule has 1 aliphatic rings. The maximum Gasteiger partial charge on any atom is 0.243 e. The first-order chi connectivity index (χ1) is 12.3. The van der Waals surface area contributed by atoms with E-state index >= 15 is 0 Å². The van der Waals surface area contributed by atoms with Gasteiger partial charge in [-0.3, -0.25) is 4.90 Å². The number of benzene rings is 1. The lowest BCUT2D eigenvalue weighted by molar-refractivity contribution is 0.176. The van der Waals surface area contributed by atoms with Gasteiger partial charge in [-0.15, -0.1) is 0 Å². The molecule has 138 valence electrons. The zero-order valence-electron chi connectivity index (χ0n) is 15.6. The fourth-order valence-electron chi connectivity index (χ4n) is 3.34. The summed E-state index contributed by atoms with van der Waals surface area (Å²) < 4.78 is 6.14. The van der Waals surface area contributed by atoms with Crippen molar-refractivity contribution in [3.63, 3.8) is 0 Å². The fraction of sp³-hybridized carbons (Fsp3) is 0.400. The van der Waals surface area contributed by atoms with Crippen molar-refractivity contribution in [1.29, 1.82) is 0 Å². The summed E-state index contributed by atoms with van der Waals surface area (Å²) in [7, 11) is 0. The third-order valence-corrected chi connectivity index (χ3v) is 4.34. The Morgan fingerprint density at radius 1 is 1.31 bits per heavy atom. The maximum absolute atomic E-state index is 6.14. The van der Waals surface area contributed by atoms with Crippen LogP contribution in [-0.4, -0.2) is 28.1 Å². The average molecular weight is 371 g/mol. The third-order valence-electron chi connectivity index (χ3n) is 4.24. The Balaban J connectivity index is 1.82. The normalized spacial score (nSPS) is 14.6. The van der Waals surface area contributed by atoms with Crippen molar-refractivity contribution in [1.82, 2.24) is 9.88 Å². The highest BCUT2D eigenvalue weighted by Gasteiger charge is 2.23. The molecule has 0 unspecified atom stereocenters. The van der Waals surface area contributed by atoms with Gasteiger partial charge in [-0.2, -0.15) is 0 Å². The van der Waals surface area contributed by atoms with E-state index in [1.54, 1.807) is 6.20 Å². The number of fused-ring (bicyclic) bond motifs is 1. The smallest absolute Gasteiger partial charge is 0.243 e. The van der Waals surface area contributed by atoms with E-state index in [0.717, 1.165) is 31.8 Å². The summed E-state index contributed by atoms with van der Waals surface area (Å²) in [6.07, 6.45) is 2.66. The Morgan fingerprint density at radius 3 is 2.85 bits per heavy atom. The van der Waals surface area contributed by atoms with Gasteiger partial charge < -0.3 is 15.8 Å². The summed E-state index contributed by atoms with van der Waals surface area (Å²) in [6.45, 7) is 9.90. The molecule has 0 fully saturated rings. The number of aromatic nitrogens is 1. The first-order valence-corrected chi connectivity index (χ1v) is 9.25. The van der Waals surface area contributed by atoms with Crippen LogP contribution in [0.1, 0.15) is 31.9 Å². The molecular formula is C20H26N4OS. The summed E-state index contributed by atoms with van der Waals surface area (Å²) in [5.74, 6) is 1.33. The van der Waals surface area contributed by atoms with Gasteiger partial charge in [0.25, 0.3) is 0 Å². The Morgan fingerprint density at radius 2 is 2.12 bits per heavy atom. The van der Waals surface area contributed by atoms with Crippen molar-refractivity contribution in [2.45, 2.75) is 33.7 Å². The molecule has 0 amide bonds. The van der Waals surface area contributed by atoms with Gasteiger partial charge in [0.1, 0.15) is 11.4 Å². The molecule has 0 bridgehead atoms. The summed E-state index contributed by atoms with van der Waals surface area (Å²) in [5.41, 5.74) is 9.13. The van der Waals surface area contributed by atoms with Crippen LogP contribution in [0.2, 0.25) is 0 Å². The number of ether oxygens (including phenoxy) is 1. The van der Waals surface area contributed by atoms with Crippen molar-refractivity contribution in [3.8, 4) is 11.6 Å². The first kappa shape index (κ1) is 18.6. The van der Waals surface area contributed by atoms with Crippen molar-refractivity contribution in [2.24, 2.45) is 11.1 Å². The molecule has 6 heteroatoms. The van der Waals surface area contributed by atoms with Crippen LogP contribution in [0.4, 0.5) is 5.69 Å². The number of nitrogens with one attached hydrogen (secondary N) is 1. The van der Waals surface area contributed by atoms with Crippen LogP contribution in [0.3, 0.4) is 0 Å². The van der Waals surface area contributed by atoms with E-state index in [2.05, 4.69) is 42.0 Å². The van der Waals surface area contributed by atoms with Crippen molar-refractivity contribution in [2.75, 3.05) is 18.4 Å². The predicted molar refractivity (Wildman–Crippen MR) is 110 cm³/mol. The van der Waals surface area contributed by atoms with E-state index in [1.807, 2.05) is 24.3 Å². The van der Waals surface area contributed by atoms with Crippen LogP contribution < -0.4 is 15.8 Å². The van der Waals surface area contributed by atoms with E-state index in [-0.39, 0.29) is 5.11 Å². The highest BCUT2D eigenvalue weighted by atomic mass is 32.1. The zero-order chi connectivity index (χ0) is 18.7. The molecule has 0 atom stereocenters. The molecule has 1 aromatic heterocycles.